The molecule has 2 rings (SSSR count). The molecular formula is C15H26N4O. The van der Waals surface area contributed by atoms with Gasteiger partial charge in [0.05, 0.1) is 12.6 Å². The summed E-state index contributed by atoms with van der Waals surface area (Å²) in [6, 6.07) is 2.22. The Bertz CT molecular complexity index is 398. The van der Waals surface area contributed by atoms with E-state index in [1.54, 1.807) is 6.20 Å². The number of amides is 1. The van der Waals surface area contributed by atoms with E-state index >= 15 is 0 Å². The minimum Gasteiger partial charge on any atom is -0.341 e. The summed E-state index contributed by atoms with van der Waals surface area (Å²) >= 11 is 0. The van der Waals surface area contributed by atoms with Crippen LogP contribution in [-0.2, 0) is 11.3 Å². The van der Waals surface area contributed by atoms with Gasteiger partial charge in [0.25, 0.3) is 0 Å². The van der Waals surface area contributed by atoms with Crippen molar-refractivity contribution in [2.75, 3.05) is 13.6 Å². The van der Waals surface area contributed by atoms with Crippen LogP contribution in [0.3, 0.4) is 0 Å². The zero-order valence-electron chi connectivity index (χ0n) is 12.6. The van der Waals surface area contributed by atoms with Gasteiger partial charge in [-0.2, -0.15) is 5.10 Å². The second kappa shape index (κ2) is 7.43. The van der Waals surface area contributed by atoms with Crippen LogP contribution in [0.15, 0.2) is 18.5 Å². The molecule has 0 radical (unpaired) electrons. The largest absolute Gasteiger partial charge is 0.341 e. The van der Waals surface area contributed by atoms with Crippen molar-refractivity contribution >= 4 is 5.91 Å². The van der Waals surface area contributed by atoms with Crippen LogP contribution in [0.4, 0.5) is 0 Å². The molecule has 0 bridgehead atoms. The molecule has 1 saturated carbocycles. The van der Waals surface area contributed by atoms with E-state index in [1.807, 2.05) is 35.8 Å². The molecular weight excluding hydrogens is 252 g/mol. The van der Waals surface area contributed by atoms with Crippen LogP contribution in [0.1, 0.15) is 39.0 Å². The summed E-state index contributed by atoms with van der Waals surface area (Å²) in [5.74, 6) is 0.206. The standard InChI is InChI=1S/C15H26N4O/c1-13(16-10-12-19-11-6-9-17-19)15(20)18(2)14-7-4-3-5-8-14/h6,9,11,13-14,16H,3-5,7-8,10,12H2,1-2H3/t13-/m0/s1. The van der Waals surface area contributed by atoms with Crippen LogP contribution < -0.4 is 5.32 Å². The molecule has 5 heteroatoms. The molecule has 5 nitrogen and oxygen atoms in total. The van der Waals surface area contributed by atoms with Crippen molar-refractivity contribution in [3.63, 3.8) is 0 Å². The van der Waals surface area contributed by atoms with Crippen LogP contribution in [0.2, 0.25) is 0 Å². The number of aromatic nitrogens is 2. The summed E-state index contributed by atoms with van der Waals surface area (Å²) in [6.45, 7) is 3.50. The van der Waals surface area contributed by atoms with Crippen LogP contribution in [0.25, 0.3) is 0 Å². The Morgan fingerprint density at radius 1 is 1.45 bits per heavy atom. The fourth-order valence-corrected chi connectivity index (χ4v) is 2.87. The van der Waals surface area contributed by atoms with Gasteiger partial charge in [-0.15, -0.1) is 0 Å². The van der Waals surface area contributed by atoms with Gasteiger partial charge in [0.2, 0.25) is 5.91 Å². The van der Waals surface area contributed by atoms with Gasteiger partial charge in [-0.3, -0.25) is 9.48 Å². The van der Waals surface area contributed by atoms with Crippen molar-refractivity contribution in [3.8, 4) is 0 Å². The molecule has 0 spiro atoms. The zero-order chi connectivity index (χ0) is 14.4. The lowest BCUT2D eigenvalue weighted by Gasteiger charge is -2.33. The molecule has 1 amide bonds. The van der Waals surface area contributed by atoms with Crippen LogP contribution in [0.5, 0.6) is 0 Å². The van der Waals surface area contributed by atoms with Gasteiger partial charge in [-0.1, -0.05) is 19.3 Å². The molecule has 0 saturated heterocycles. The molecule has 1 aliphatic carbocycles. The highest BCUT2D eigenvalue weighted by Crippen LogP contribution is 2.21. The minimum atomic E-state index is -0.127. The first-order chi connectivity index (χ1) is 9.68. The summed E-state index contributed by atoms with van der Waals surface area (Å²) in [4.78, 5) is 14.3. The van der Waals surface area contributed by atoms with Crippen molar-refractivity contribution in [2.24, 2.45) is 0 Å². The van der Waals surface area contributed by atoms with Gasteiger partial charge in [0.1, 0.15) is 0 Å². The highest BCUT2D eigenvalue weighted by atomic mass is 16.2. The number of hydrogen-bond acceptors (Lipinski definition) is 3. The lowest BCUT2D eigenvalue weighted by molar-refractivity contribution is -0.134. The molecule has 0 aliphatic heterocycles. The van der Waals surface area contributed by atoms with Gasteiger partial charge in [-0.05, 0) is 25.8 Å². The van der Waals surface area contributed by atoms with Crippen LogP contribution >= 0.6 is 0 Å². The summed E-state index contributed by atoms with van der Waals surface area (Å²) < 4.78 is 1.87. The van der Waals surface area contributed by atoms with E-state index in [2.05, 4.69) is 10.4 Å². The lowest BCUT2D eigenvalue weighted by atomic mass is 9.94. The number of rotatable bonds is 6. The highest BCUT2D eigenvalue weighted by molar-refractivity contribution is 5.81. The Morgan fingerprint density at radius 3 is 2.85 bits per heavy atom. The number of carbonyl (C=O) groups excluding carboxylic acids is 1. The van der Waals surface area contributed by atoms with E-state index in [-0.39, 0.29) is 11.9 Å². The molecule has 0 aromatic carbocycles. The van der Waals surface area contributed by atoms with Gasteiger partial charge in [0, 0.05) is 32.0 Å². The summed E-state index contributed by atoms with van der Waals surface area (Å²) in [6.07, 6.45) is 9.83. The SMILES string of the molecule is C[C@H](NCCn1cccn1)C(=O)N(C)C1CCCCC1. The third-order valence-corrected chi connectivity index (χ3v) is 4.19. The molecule has 1 aliphatic rings. The number of likely N-dealkylation sites (N-methyl/N-ethyl adjacent to an activating group) is 1. The average molecular weight is 278 g/mol. The van der Waals surface area contributed by atoms with Gasteiger partial charge >= 0.3 is 0 Å². The Balaban J connectivity index is 1.72. The smallest absolute Gasteiger partial charge is 0.239 e. The topological polar surface area (TPSA) is 50.2 Å². The molecule has 1 aromatic rings. The second-order valence-corrected chi connectivity index (χ2v) is 5.69. The van der Waals surface area contributed by atoms with E-state index in [1.165, 1.54) is 19.3 Å². The number of hydrogen-bond donors (Lipinski definition) is 1. The fraction of sp³-hybridized carbons (Fsp3) is 0.733. The first-order valence-electron chi connectivity index (χ1n) is 7.66. The normalized spacial score (nSPS) is 17.9. The summed E-state index contributed by atoms with van der Waals surface area (Å²) in [5, 5.41) is 7.44. The Hall–Kier alpha value is -1.36. The van der Waals surface area contributed by atoms with Crippen molar-refractivity contribution < 1.29 is 4.79 Å². The van der Waals surface area contributed by atoms with E-state index in [0.29, 0.717) is 6.04 Å². The minimum absolute atomic E-state index is 0.127. The van der Waals surface area contributed by atoms with Crippen molar-refractivity contribution in [1.82, 2.24) is 20.0 Å². The molecule has 1 atom stereocenters. The number of carbonyl (C=O) groups is 1. The Morgan fingerprint density at radius 2 is 2.20 bits per heavy atom. The maximum Gasteiger partial charge on any atom is 0.239 e. The van der Waals surface area contributed by atoms with Gasteiger partial charge < -0.3 is 10.2 Å². The number of nitrogens with one attached hydrogen (secondary N) is 1. The molecule has 1 fully saturated rings. The number of nitrogens with zero attached hydrogens (tertiary/aromatic N) is 3. The Kier molecular flexibility index (Phi) is 5.59. The molecule has 1 aromatic heterocycles. The quantitative estimate of drug-likeness (QED) is 0.861. The maximum absolute atomic E-state index is 12.4. The van der Waals surface area contributed by atoms with E-state index < -0.39 is 0 Å². The van der Waals surface area contributed by atoms with E-state index in [9.17, 15) is 4.79 Å². The van der Waals surface area contributed by atoms with Gasteiger partial charge in [-0.25, -0.2) is 0 Å². The molecule has 1 N–H and O–H groups in total. The maximum atomic E-state index is 12.4. The van der Waals surface area contributed by atoms with E-state index in [0.717, 1.165) is 25.9 Å². The summed E-state index contributed by atoms with van der Waals surface area (Å²) in [5.41, 5.74) is 0. The highest BCUT2D eigenvalue weighted by Gasteiger charge is 2.25. The fourth-order valence-electron chi connectivity index (χ4n) is 2.87. The average Bonchev–Trinajstić information content (AvgIpc) is 2.99. The van der Waals surface area contributed by atoms with E-state index in [4.69, 9.17) is 0 Å². The first kappa shape index (κ1) is 15.0. The van der Waals surface area contributed by atoms with Crippen molar-refractivity contribution in [3.05, 3.63) is 18.5 Å². The second-order valence-electron chi connectivity index (χ2n) is 5.69. The molecule has 112 valence electrons. The third-order valence-electron chi connectivity index (χ3n) is 4.19. The van der Waals surface area contributed by atoms with Gasteiger partial charge in [0.15, 0.2) is 0 Å². The molecule has 0 unspecified atom stereocenters. The molecule has 20 heavy (non-hydrogen) atoms. The third kappa shape index (κ3) is 4.07. The monoisotopic (exact) mass is 278 g/mol. The predicted octanol–water partition coefficient (Wildman–Crippen LogP) is 1.65. The summed E-state index contributed by atoms with van der Waals surface area (Å²) in [7, 11) is 1.95. The lowest BCUT2D eigenvalue weighted by Crippen LogP contribution is -2.48. The first-order valence-corrected chi connectivity index (χ1v) is 7.66. The van der Waals surface area contributed by atoms with Crippen LogP contribution in [0, 0.1) is 0 Å². The van der Waals surface area contributed by atoms with Crippen molar-refractivity contribution in [1.29, 1.82) is 0 Å². The zero-order valence-corrected chi connectivity index (χ0v) is 12.6. The Labute approximate surface area is 121 Å². The predicted molar refractivity (Wildman–Crippen MR) is 79.3 cm³/mol. The van der Waals surface area contributed by atoms with Crippen LogP contribution in [-0.4, -0.2) is 46.3 Å². The van der Waals surface area contributed by atoms with Crippen molar-refractivity contribution in [2.45, 2.75) is 57.7 Å². The molecule has 1 heterocycles.